The second-order valence-electron chi connectivity index (χ2n) is 6.13. The molecule has 3 heteroatoms. The molecular formula is C16H21NO2. The summed E-state index contributed by atoms with van der Waals surface area (Å²) in [4.78, 5) is 12.3. The monoisotopic (exact) mass is 259 g/mol. The smallest absolute Gasteiger partial charge is 0.224 e. The van der Waals surface area contributed by atoms with Crippen LogP contribution in [-0.4, -0.2) is 17.6 Å². The molecule has 1 aromatic rings. The van der Waals surface area contributed by atoms with Gasteiger partial charge in [-0.15, -0.1) is 0 Å². The van der Waals surface area contributed by atoms with Gasteiger partial charge in [0.25, 0.3) is 0 Å². The maximum absolute atomic E-state index is 12.3. The fourth-order valence-corrected chi connectivity index (χ4v) is 3.57. The van der Waals surface area contributed by atoms with Crippen molar-refractivity contribution in [2.75, 3.05) is 6.61 Å². The molecule has 1 aromatic carbocycles. The largest absolute Gasteiger partial charge is 0.394 e. The molecule has 0 radical (unpaired) electrons. The summed E-state index contributed by atoms with van der Waals surface area (Å²) in [5.74, 6) is 1.54. The summed E-state index contributed by atoms with van der Waals surface area (Å²) in [6.07, 6.45) is 3.67. The van der Waals surface area contributed by atoms with Gasteiger partial charge in [-0.1, -0.05) is 36.8 Å². The summed E-state index contributed by atoms with van der Waals surface area (Å²) in [6.45, 7) is 1.81. The van der Waals surface area contributed by atoms with E-state index >= 15 is 0 Å². The first-order valence-corrected chi connectivity index (χ1v) is 7.14. The molecule has 3 nitrogen and oxygen atoms in total. The molecular weight excluding hydrogens is 238 g/mol. The Morgan fingerprint density at radius 3 is 2.53 bits per heavy atom. The fourth-order valence-electron chi connectivity index (χ4n) is 3.57. The predicted octanol–water partition coefficient (Wildman–Crippen LogP) is 2.06. The standard InChI is InChI=1S/C16H21NO2/c1-16(10-18,11-6-3-2-4-7-11)17-15(19)14-12-8-5-9-13(12)14/h2-4,6-7,12-14,18H,5,8-10H2,1H3,(H,17,19). The minimum absolute atomic E-state index is 0.0786. The van der Waals surface area contributed by atoms with Crippen molar-refractivity contribution < 1.29 is 9.90 Å². The first kappa shape index (κ1) is 12.7. The number of hydrogen-bond donors (Lipinski definition) is 2. The third-order valence-corrected chi connectivity index (χ3v) is 4.84. The van der Waals surface area contributed by atoms with E-state index in [1.165, 1.54) is 19.3 Å². The van der Waals surface area contributed by atoms with Crippen LogP contribution in [0.3, 0.4) is 0 Å². The van der Waals surface area contributed by atoms with E-state index < -0.39 is 5.54 Å². The summed E-state index contributed by atoms with van der Waals surface area (Å²) in [7, 11) is 0. The SMILES string of the molecule is CC(CO)(NC(=O)C1C2CCCC21)c1ccccc1. The average Bonchev–Trinajstić information content (AvgIpc) is 2.93. The number of hydrogen-bond acceptors (Lipinski definition) is 2. The van der Waals surface area contributed by atoms with Gasteiger partial charge in [-0.05, 0) is 37.2 Å². The van der Waals surface area contributed by atoms with Gasteiger partial charge in [0.1, 0.15) is 0 Å². The Morgan fingerprint density at radius 2 is 1.95 bits per heavy atom. The van der Waals surface area contributed by atoms with Crippen molar-refractivity contribution in [3.63, 3.8) is 0 Å². The molecule has 0 bridgehead atoms. The van der Waals surface area contributed by atoms with Gasteiger partial charge in [0.05, 0.1) is 12.1 Å². The third kappa shape index (κ3) is 2.16. The molecule has 0 heterocycles. The summed E-state index contributed by atoms with van der Waals surface area (Å²) < 4.78 is 0. The summed E-state index contributed by atoms with van der Waals surface area (Å²) in [5, 5.41) is 12.7. The highest BCUT2D eigenvalue weighted by atomic mass is 16.3. The molecule has 1 amide bonds. The number of benzene rings is 1. The zero-order chi connectivity index (χ0) is 13.5. The fraction of sp³-hybridized carbons (Fsp3) is 0.562. The molecule has 2 aliphatic rings. The first-order valence-electron chi connectivity index (χ1n) is 7.14. The lowest BCUT2D eigenvalue weighted by molar-refractivity contribution is -0.125. The Balaban J connectivity index is 1.71. The lowest BCUT2D eigenvalue weighted by Crippen LogP contribution is -2.47. The molecule has 2 N–H and O–H groups in total. The highest BCUT2D eigenvalue weighted by Gasteiger charge is 2.57. The minimum Gasteiger partial charge on any atom is -0.394 e. The van der Waals surface area contributed by atoms with Gasteiger partial charge in [0.2, 0.25) is 5.91 Å². The highest BCUT2D eigenvalue weighted by molar-refractivity contribution is 5.83. The van der Waals surface area contributed by atoms with Gasteiger partial charge >= 0.3 is 0 Å². The number of aliphatic hydroxyl groups excluding tert-OH is 1. The quantitative estimate of drug-likeness (QED) is 0.869. The number of rotatable bonds is 4. The Labute approximate surface area is 114 Å². The molecule has 3 atom stereocenters. The summed E-state index contributed by atoms with van der Waals surface area (Å²) in [5.41, 5.74) is 0.284. The molecule has 0 spiro atoms. The van der Waals surface area contributed by atoms with Crippen molar-refractivity contribution in [3.05, 3.63) is 35.9 Å². The van der Waals surface area contributed by atoms with Gasteiger partial charge < -0.3 is 10.4 Å². The van der Waals surface area contributed by atoms with Gasteiger partial charge in [-0.3, -0.25) is 4.79 Å². The third-order valence-electron chi connectivity index (χ3n) is 4.84. The number of amides is 1. The molecule has 2 fully saturated rings. The van der Waals surface area contributed by atoms with Gasteiger partial charge in [0.15, 0.2) is 0 Å². The van der Waals surface area contributed by atoms with E-state index in [-0.39, 0.29) is 18.4 Å². The predicted molar refractivity (Wildman–Crippen MR) is 73.3 cm³/mol. The second kappa shape index (κ2) is 4.64. The van der Waals surface area contributed by atoms with Crippen LogP contribution in [0.2, 0.25) is 0 Å². The van der Waals surface area contributed by atoms with Crippen molar-refractivity contribution in [3.8, 4) is 0 Å². The molecule has 2 saturated carbocycles. The van der Waals surface area contributed by atoms with Crippen molar-refractivity contribution in [1.82, 2.24) is 5.32 Å². The van der Waals surface area contributed by atoms with Gasteiger partial charge in [-0.2, -0.15) is 0 Å². The van der Waals surface area contributed by atoms with Crippen LogP contribution in [0, 0.1) is 17.8 Å². The van der Waals surface area contributed by atoms with Crippen LogP contribution in [0.4, 0.5) is 0 Å². The lowest BCUT2D eigenvalue weighted by Gasteiger charge is -2.29. The molecule has 3 unspecified atom stereocenters. The normalized spacial score (nSPS) is 31.4. The lowest BCUT2D eigenvalue weighted by atomic mass is 9.92. The number of aliphatic hydroxyl groups is 1. The topological polar surface area (TPSA) is 49.3 Å². The van der Waals surface area contributed by atoms with Crippen LogP contribution in [0.5, 0.6) is 0 Å². The molecule has 0 aromatic heterocycles. The van der Waals surface area contributed by atoms with E-state index in [1.807, 2.05) is 37.3 Å². The highest BCUT2D eigenvalue weighted by Crippen LogP contribution is 2.57. The van der Waals surface area contributed by atoms with E-state index in [0.717, 1.165) is 5.56 Å². The maximum atomic E-state index is 12.3. The van der Waals surface area contributed by atoms with Gasteiger partial charge in [0, 0.05) is 5.92 Å². The molecule has 102 valence electrons. The molecule has 3 rings (SSSR count). The summed E-state index contributed by atoms with van der Waals surface area (Å²) in [6, 6.07) is 9.70. The number of fused-ring (bicyclic) bond motifs is 1. The van der Waals surface area contributed by atoms with Crippen molar-refractivity contribution >= 4 is 5.91 Å². The summed E-state index contributed by atoms with van der Waals surface area (Å²) >= 11 is 0. The number of nitrogens with one attached hydrogen (secondary N) is 1. The Morgan fingerprint density at radius 1 is 1.32 bits per heavy atom. The van der Waals surface area contributed by atoms with Crippen molar-refractivity contribution in [2.24, 2.45) is 17.8 Å². The minimum atomic E-state index is -0.671. The zero-order valence-electron chi connectivity index (χ0n) is 11.3. The van der Waals surface area contributed by atoms with Crippen molar-refractivity contribution in [2.45, 2.75) is 31.7 Å². The number of carbonyl (C=O) groups is 1. The van der Waals surface area contributed by atoms with Crippen LogP contribution < -0.4 is 5.32 Å². The molecule has 2 aliphatic carbocycles. The first-order chi connectivity index (χ1) is 9.15. The Hall–Kier alpha value is -1.35. The average molecular weight is 259 g/mol. The van der Waals surface area contributed by atoms with E-state index in [2.05, 4.69) is 5.32 Å². The van der Waals surface area contributed by atoms with Crippen LogP contribution in [0.25, 0.3) is 0 Å². The van der Waals surface area contributed by atoms with Crippen LogP contribution in [0.1, 0.15) is 31.7 Å². The van der Waals surface area contributed by atoms with E-state index in [1.54, 1.807) is 0 Å². The van der Waals surface area contributed by atoms with E-state index in [9.17, 15) is 9.90 Å². The molecule has 19 heavy (non-hydrogen) atoms. The Bertz CT molecular complexity index is 463. The van der Waals surface area contributed by atoms with Crippen LogP contribution >= 0.6 is 0 Å². The number of carbonyl (C=O) groups excluding carboxylic acids is 1. The van der Waals surface area contributed by atoms with E-state index in [0.29, 0.717) is 11.8 Å². The molecule has 0 saturated heterocycles. The van der Waals surface area contributed by atoms with Crippen LogP contribution in [0.15, 0.2) is 30.3 Å². The van der Waals surface area contributed by atoms with Gasteiger partial charge in [-0.25, -0.2) is 0 Å². The molecule has 0 aliphatic heterocycles. The van der Waals surface area contributed by atoms with Crippen molar-refractivity contribution in [1.29, 1.82) is 0 Å². The Kier molecular flexibility index (Phi) is 3.09. The van der Waals surface area contributed by atoms with Crippen LogP contribution in [-0.2, 0) is 10.3 Å². The zero-order valence-corrected chi connectivity index (χ0v) is 11.3. The maximum Gasteiger partial charge on any atom is 0.224 e. The van der Waals surface area contributed by atoms with E-state index in [4.69, 9.17) is 0 Å². The second-order valence-corrected chi connectivity index (χ2v) is 6.13.